The Bertz CT molecular complexity index is 1060. The molecular weight excluding hydrogens is 416 g/mol. The van der Waals surface area contributed by atoms with E-state index in [2.05, 4.69) is 36.4 Å². The highest BCUT2D eigenvalue weighted by atomic mass is 79.9. The normalized spacial score (nSPS) is 10.7. The van der Waals surface area contributed by atoms with Gasteiger partial charge in [0.1, 0.15) is 0 Å². The highest BCUT2D eigenvalue weighted by Crippen LogP contribution is 2.27. The van der Waals surface area contributed by atoms with E-state index in [-0.39, 0.29) is 11.6 Å². The summed E-state index contributed by atoms with van der Waals surface area (Å²) in [4.78, 5) is 20.8. The van der Waals surface area contributed by atoms with E-state index in [9.17, 15) is 4.79 Å². The number of rotatable bonds is 4. The number of nitrogens with one attached hydrogen (secondary N) is 1. The Hall–Kier alpha value is -2.84. The van der Waals surface area contributed by atoms with E-state index in [0.29, 0.717) is 10.9 Å². The predicted octanol–water partition coefficient (Wildman–Crippen LogP) is 4.87. The highest BCUT2D eigenvalue weighted by Gasteiger charge is 2.15. The van der Waals surface area contributed by atoms with E-state index in [1.165, 1.54) is 11.3 Å². The molecule has 0 aliphatic heterocycles. The van der Waals surface area contributed by atoms with Crippen molar-refractivity contribution in [2.75, 3.05) is 5.32 Å². The van der Waals surface area contributed by atoms with Crippen molar-refractivity contribution in [3.05, 3.63) is 70.4 Å². The van der Waals surface area contributed by atoms with Crippen LogP contribution in [0.2, 0.25) is 0 Å². The molecule has 0 atom stereocenters. The molecule has 0 fully saturated rings. The van der Waals surface area contributed by atoms with Gasteiger partial charge >= 0.3 is 0 Å². The number of benzene rings is 1. The Morgan fingerprint density at radius 3 is 2.85 bits per heavy atom. The third kappa shape index (κ3) is 3.56. The van der Waals surface area contributed by atoms with Crippen LogP contribution >= 0.6 is 27.3 Å². The predicted molar refractivity (Wildman–Crippen MR) is 103 cm³/mol. The van der Waals surface area contributed by atoms with Gasteiger partial charge in [0.2, 0.25) is 0 Å². The summed E-state index contributed by atoms with van der Waals surface area (Å²) < 4.78 is 6.20. The Labute approximate surface area is 161 Å². The molecular formula is C18H11BrN4O2S. The zero-order valence-corrected chi connectivity index (χ0v) is 15.6. The largest absolute Gasteiger partial charge is 0.355 e. The molecule has 0 unspecified atom stereocenters. The smallest absolute Gasteiger partial charge is 0.279 e. The summed E-state index contributed by atoms with van der Waals surface area (Å²) >= 11 is 4.79. The SMILES string of the molecule is O=C(Nc1nc(-c2cccc(Br)c2)cs1)c1cc(-c2cccnc2)on1. The van der Waals surface area contributed by atoms with Crippen molar-refractivity contribution in [3.8, 4) is 22.6 Å². The van der Waals surface area contributed by atoms with Crippen LogP contribution in [0.3, 0.4) is 0 Å². The Balaban J connectivity index is 1.50. The molecule has 0 aliphatic rings. The van der Waals surface area contributed by atoms with Gasteiger partial charge in [0.15, 0.2) is 16.6 Å². The van der Waals surface area contributed by atoms with Gasteiger partial charge in [-0.2, -0.15) is 0 Å². The van der Waals surface area contributed by atoms with E-state index >= 15 is 0 Å². The lowest BCUT2D eigenvalue weighted by Crippen LogP contribution is -2.11. The van der Waals surface area contributed by atoms with E-state index < -0.39 is 0 Å². The Morgan fingerprint density at radius 2 is 2.04 bits per heavy atom. The molecule has 4 aromatic rings. The van der Waals surface area contributed by atoms with Gasteiger partial charge in [-0.15, -0.1) is 11.3 Å². The summed E-state index contributed by atoms with van der Waals surface area (Å²) in [6, 6.07) is 13.0. The molecule has 1 N–H and O–H groups in total. The Kier molecular flexibility index (Phi) is 4.59. The average Bonchev–Trinajstić information content (AvgIpc) is 3.32. The fourth-order valence-corrected chi connectivity index (χ4v) is 3.41. The van der Waals surface area contributed by atoms with Crippen molar-refractivity contribution < 1.29 is 9.32 Å². The third-order valence-electron chi connectivity index (χ3n) is 3.53. The lowest BCUT2D eigenvalue weighted by atomic mass is 10.2. The molecule has 1 amide bonds. The number of carbonyl (C=O) groups excluding carboxylic acids is 1. The molecule has 6 nitrogen and oxygen atoms in total. The van der Waals surface area contributed by atoms with Gasteiger partial charge in [-0.25, -0.2) is 4.98 Å². The minimum atomic E-state index is -0.376. The van der Waals surface area contributed by atoms with Gasteiger partial charge in [-0.3, -0.25) is 15.1 Å². The van der Waals surface area contributed by atoms with E-state index in [0.717, 1.165) is 21.3 Å². The van der Waals surface area contributed by atoms with Crippen LogP contribution in [0.25, 0.3) is 22.6 Å². The highest BCUT2D eigenvalue weighted by molar-refractivity contribution is 9.10. The van der Waals surface area contributed by atoms with Crippen molar-refractivity contribution in [3.63, 3.8) is 0 Å². The summed E-state index contributed by atoms with van der Waals surface area (Å²) in [7, 11) is 0. The topological polar surface area (TPSA) is 80.9 Å². The maximum absolute atomic E-state index is 12.4. The summed E-state index contributed by atoms with van der Waals surface area (Å²) in [5.74, 6) is 0.108. The van der Waals surface area contributed by atoms with Crippen LogP contribution in [0.15, 0.2) is 69.2 Å². The quantitative estimate of drug-likeness (QED) is 0.502. The molecule has 0 aliphatic carbocycles. The molecule has 3 aromatic heterocycles. The number of hydrogen-bond donors (Lipinski definition) is 1. The number of pyridine rings is 1. The second kappa shape index (κ2) is 7.19. The van der Waals surface area contributed by atoms with Gasteiger partial charge in [0.25, 0.3) is 5.91 Å². The number of anilines is 1. The van der Waals surface area contributed by atoms with Crippen LogP contribution in [0.4, 0.5) is 5.13 Å². The fourth-order valence-electron chi connectivity index (χ4n) is 2.30. The fraction of sp³-hybridized carbons (Fsp3) is 0. The average molecular weight is 427 g/mol. The maximum Gasteiger partial charge on any atom is 0.279 e. The van der Waals surface area contributed by atoms with Crippen molar-refractivity contribution >= 4 is 38.3 Å². The second-order valence-corrected chi connectivity index (χ2v) is 7.09. The molecule has 4 rings (SSSR count). The lowest BCUT2D eigenvalue weighted by Gasteiger charge is -1.98. The molecule has 0 spiro atoms. The third-order valence-corrected chi connectivity index (χ3v) is 4.78. The van der Waals surface area contributed by atoms with Crippen molar-refractivity contribution in [1.29, 1.82) is 0 Å². The minimum Gasteiger partial charge on any atom is -0.355 e. The van der Waals surface area contributed by atoms with Gasteiger partial charge in [0.05, 0.1) is 5.69 Å². The number of thiazole rings is 1. The molecule has 0 saturated heterocycles. The van der Waals surface area contributed by atoms with Gasteiger partial charge < -0.3 is 4.52 Å². The van der Waals surface area contributed by atoms with Gasteiger partial charge in [-0.05, 0) is 24.3 Å². The Morgan fingerprint density at radius 1 is 1.15 bits per heavy atom. The summed E-state index contributed by atoms with van der Waals surface area (Å²) in [6.45, 7) is 0. The molecule has 0 bridgehead atoms. The standard InChI is InChI=1S/C18H11BrN4O2S/c19-13-5-1-3-11(7-13)15-10-26-18(21-15)22-17(24)14-8-16(25-23-14)12-4-2-6-20-9-12/h1-10H,(H,21,22,24). The first-order valence-electron chi connectivity index (χ1n) is 7.59. The van der Waals surface area contributed by atoms with E-state index in [4.69, 9.17) is 4.52 Å². The van der Waals surface area contributed by atoms with E-state index in [1.54, 1.807) is 24.5 Å². The first-order valence-corrected chi connectivity index (χ1v) is 9.26. The molecule has 128 valence electrons. The molecule has 3 heterocycles. The summed E-state index contributed by atoms with van der Waals surface area (Å²) in [5, 5.41) is 8.95. The molecule has 0 saturated carbocycles. The number of halogens is 1. The van der Waals surface area contributed by atoms with Crippen LogP contribution in [-0.2, 0) is 0 Å². The minimum absolute atomic E-state index is 0.183. The van der Waals surface area contributed by atoms with Crippen molar-refractivity contribution in [1.82, 2.24) is 15.1 Å². The van der Waals surface area contributed by atoms with Crippen molar-refractivity contribution in [2.24, 2.45) is 0 Å². The lowest BCUT2D eigenvalue weighted by molar-refractivity contribution is 0.101. The first-order chi connectivity index (χ1) is 12.7. The second-order valence-electron chi connectivity index (χ2n) is 5.32. The zero-order chi connectivity index (χ0) is 17.9. The molecule has 8 heteroatoms. The number of aromatic nitrogens is 3. The molecule has 1 aromatic carbocycles. The summed E-state index contributed by atoms with van der Waals surface area (Å²) in [6.07, 6.45) is 3.31. The number of nitrogens with zero attached hydrogens (tertiary/aromatic N) is 3. The van der Waals surface area contributed by atoms with Crippen LogP contribution in [0.5, 0.6) is 0 Å². The van der Waals surface area contributed by atoms with Gasteiger partial charge in [0, 0.05) is 39.4 Å². The number of carbonyl (C=O) groups is 1. The van der Waals surface area contributed by atoms with Crippen LogP contribution in [0, 0.1) is 0 Å². The molecule has 0 radical (unpaired) electrons. The first kappa shape index (κ1) is 16.6. The maximum atomic E-state index is 12.4. The van der Waals surface area contributed by atoms with Crippen LogP contribution in [-0.4, -0.2) is 21.0 Å². The monoisotopic (exact) mass is 426 g/mol. The van der Waals surface area contributed by atoms with Crippen LogP contribution < -0.4 is 5.32 Å². The van der Waals surface area contributed by atoms with Gasteiger partial charge in [-0.1, -0.05) is 33.2 Å². The zero-order valence-electron chi connectivity index (χ0n) is 13.2. The van der Waals surface area contributed by atoms with E-state index in [1.807, 2.05) is 35.7 Å². The molecule has 26 heavy (non-hydrogen) atoms. The van der Waals surface area contributed by atoms with Crippen molar-refractivity contribution in [2.45, 2.75) is 0 Å². The number of amides is 1. The van der Waals surface area contributed by atoms with Crippen LogP contribution in [0.1, 0.15) is 10.5 Å². The number of hydrogen-bond acceptors (Lipinski definition) is 6. The summed E-state index contributed by atoms with van der Waals surface area (Å²) in [5.41, 5.74) is 2.70.